The zero-order valence-electron chi connectivity index (χ0n) is 17.4. The van der Waals surface area contributed by atoms with Gasteiger partial charge in [0.25, 0.3) is 11.6 Å². The lowest BCUT2D eigenvalue weighted by Gasteiger charge is -2.13. The largest absolute Gasteiger partial charge is 0.494 e. The summed E-state index contributed by atoms with van der Waals surface area (Å²) in [4.78, 5) is 28.5. The standard InChI is InChI=1S/C24H17N3O6/c1-31-22-11-15(27(29)30)7-8-19(22)26-24(28)17-12-20(25-18-5-3-2-4-16(17)18)14-6-9-21-23(10-14)33-13-32-21/h2-12H,13H2,1H3,(H,26,28). The van der Waals surface area contributed by atoms with Crippen molar-refractivity contribution < 1.29 is 23.9 Å². The molecule has 0 bridgehead atoms. The third-order valence-corrected chi connectivity index (χ3v) is 5.27. The molecule has 9 nitrogen and oxygen atoms in total. The first-order valence-corrected chi connectivity index (χ1v) is 9.97. The number of pyridine rings is 1. The Morgan fingerprint density at radius 3 is 2.70 bits per heavy atom. The van der Waals surface area contributed by atoms with Crippen LogP contribution in [0.25, 0.3) is 22.2 Å². The number of nitro benzene ring substituents is 1. The number of para-hydroxylation sites is 1. The molecule has 164 valence electrons. The summed E-state index contributed by atoms with van der Waals surface area (Å²) in [6, 6.07) is 18.5. The summed E-state index contributed by atoms with van der Waals surface area (Å²) >= 11 is 0. The van der Waals surface area contributed by atoms with Gasteiger partial charge < -0.3 is 19.5 Å². The molecule has 0 saturated carbocycles. The van der Waals surface area contributed by atoms with Gasteiger partial charge in [0, 0.05) is 17.0 Å². The fraction of sp³-hybridized carbons (Fsp3) is 0.0833. The topological polar surface area (TPSA) is 113 Å². The van der Waals surface area contributed by atoms with E-state index in [1.165, 1.54) is 25.3 Å². The van der Waals surface area contributed by atoms with Gasteiger partial charge >= 0.3 is 0 Å². The maximum atomic E-state index is 13.3. The molecule has 0 spiro atoms. The first kappa shape index (κ1) is 20.3. The number of aromatic nitrogens is 1. The number of nitro groups is 1. The number of carbonyl (C=O) groups is 1. The van der Waals surface area contributed by atoms with Crippen LogP contribution in [0, 0.1) is 10.1 Å². The molecule has 4 aromatic rings. The highest BCUT2D eigenvalue weighted by Gasteiger charge is 2.19. The molecule has 0 aliphatic carbocycles. The second kappa shape index (κ2) is 8.12. The first-order valence-electron chi connectivity index (χ1n) is 9.97. The summed E-state index contributed by atoms with van der Waals surface area (Å²) in [7, 11) is 1.38. The Kier molecular flexibility index (Phi) is 4.98. The third-order valence-electron chi connectivity index (χ3n) is 5.27. The van der Waals surface area contributed by atoms with Crippen molar-refractivity contribution in [1.82, 2.24) is 4.98 Å². The van der Waals surface area contributed by atoms with Crippen molar-refractivity contribution in [2.75, 3.05) is 19.2 Å². The van der Waals surface area contributed by atoms with Crippen molar-refractivity contribution >= 4 is 28.2 Å². The average molecular weight is 443 g/mol. The lowest BCUT2D eigenvalue weighted by atomic mass is 10.0. The molecule has 33 heavy (non-hydrogen) atoms. The number of benzene rings is 3. The molecule has 2 heterocycles. The summed E-state index contributed by atoms with van der Waals surface area (Å²) in [5, 5.41) is 14.5. The highest BCUT2D eigenvalue weighted by Crippen LogP contribution is 2.36. The normalized spacial score (nSPS) is 11.9. The van der Waals surface area contributed by atoms with E-state index in [1.807, 2.05) is 36.4 Å². The van der Waals surface area contributed by atoms with E-state index < -0.39 is 10.8 Å². The fourth-order valence-electron chi connectivity index (χ4n) is 3.65. The molecule has 0 saturated heterocycles. The molecule has 0 atom stereocenters. The molecule has 0 radical (unpaired) electrons. The van der Waals surface area contributed by atoms with Crippen molar-refractivity contribution in [3.63, 3.8) is 0 Å². The number of nitrogens with one attached hydrogen (secondary N) is 1. The number of rotatable bonds is 5. The highest BCUT2D eigenvalue weighted by molar-refractivity contribution is 6.13. The van der Waals surface area contributed by atoms with Gasteiger partial charge in [0.2, 0.25) is 6.79 Å². The maximum absolute atomic E-state index is 13.3. The van der Waals surface area contributed by atoms with Gasteiger partial charge in [-0.3, -0.25) is 14.9 Å². The summed E-state index contributed by atoms with van der Waals surface area (Å²) in [6.45, 7) is 0.161. The Balaban J connectivity index is 1.56. The van der Waals surface area contributed by atoms with Crippen molar-refractivity contribution in [3.8, 4) is 28.5 Å². The molecule has 9 heteroatoms. The van der Waals surface area contributed by atoms with E-state index in [0.29, 0.717) is 39.3 Å². The van der Waals surface area contributed by atoms with Crippen molar-refractivity contribution in [3.05, 3.63) is 82.4 Å². The van der Waals surface area contributed by atoms with Crippen LogP contribution in [-0.2, 0) is 0 Å². The predicted molar refractivity (Wildman–Crippen MR) is 121 cm³/mol. The summed E-state index contributed by atoms with van der Waals surface area (Å²) in [6.07, 6.45) is 0. The minimum atomic E-state index is -0.526. The minimum Gasteiger partial charge on any atom is -0.494 e. The van der Waals surface area contributed by atoms with Gasteiger partial charge in [0.1, 0.15) is 5.75 Å². The van der Waals surface area contributed by atoms with Crippen LogP contribution in [0.4, 0.5) is 11.4 Å². The number of anilines is 1. The number of methoxy groups -OCH3 is 1. The van der Waals surface area contributed by atoms with Crippen molar-refractivity contribution in [2.45, 2.75) is 0 Å². The number of non-ortho nitro benzene ring substituents is 1. The summed E-state index contributed by atoms with van der Waals surface area (Å²) in [5.41, 5.74) is 2.59. The van der Waals surface area contributed by atoms with Gasteiger partial charge in [-0.05, 0) is 36.4 Å². The van der Waals surface area contributed by atoms with Crippen LogP contribution in [0.5, 0.6) is 17.2 Å². The number of nitrogens with zero attached hydrogens (tertiary/aromatic N) is 2. The zero-order valence-corrected chi connectivity index (χ0v) is 17.4. The smallest absolute Gasteiger partial charge is 0.273 e. The molecule has 1 aliphatic rings. The van der Waals surface area contributed by atoms with E-state index in [1.54, 1.807) is 12.1 Å². The van der Waals surface area contributed by atoms with Gasteiger partial charge in [0.15, 0.2) is 11.5 Å². The van der Waals surface area contributed by atoms with Crippen LogP contribution in [0.1, 0.15) is 10.4 Å². The predicted octanol–water partition coefficient (Wildman–Crippen LogP) is 4.80. The highest BCUT2D eigenvalue weighted by atomic mass is 16.7. The Labute approximate surface area is 187 Å². The third kappa shape index (κ3) is 3.76. The van der Waals surface area contributed by atoms with Crippen LogP contribution in [0.2, 0.25) is 0 Å². The van der Waals surface area contributed by atoms with Gasteiger partial charge in [-0.1, -0.05) is 18.2 Å². The molecule has 5 rings (SSSR count). The lowest BCUT2D eigenvalue weighted by molar-refractivity contribution is -0.384. The van der Waals surface area contributed by atoms with E-state index in [4.69, 9.17) is 19.2 Å². The van der Waals surface area contributed by atoms with E-state index in [9.17, 15) is 14.9 Å². The van der Waals surface area contributed by atoms with E-state index in [0.717, 1.165) is 5.56 Å². The second-order valence-electron chi connectivity index (χ2n) is 7.24. The van der Waals surface area contributed by atoms with Gasteiger partial charge in [-0.2, -0.15) is 0 Å². The molecule has 1 aromatic heterocycles. The van der Waals surface area contributed by atoms with Crippen LogP contribution < -0.4 is 19.5 Å². The molecule has 0 unspecified atom stereocenters. The van der Waals surface area contributed by atoms with E-state index >= 15 is 0 Å². The van der Waals surface area contributed by atoms with Crippen molar-refractivity contribution in [2.24, 2.45) is 0 Å². The molecule has 3 aromatic carbocycles. The lowest BCUT2D eigenvalue weighted by Crippen LogP contribution is -2.14. The fourth-order valence-corrected chi connectivity index (χ4v) is 3.65. The van der Waals surface area contributed by atoms with Gasteiger partial charge in [-0.15, -0.1) is 0 Å². The van der Waals surface area contributed by atoms with Crippen LogP contribution >= 0.6 is 0 Å². The Morgan fingerprint density at radius 2 is 1.88 bits per heavy atom. The second-order valence-corrected chi connectivity index (χ2v) is 7.24. The molecular formula is C24H17N3O6. The molecule has 1 N–H and O–H groups in total. The molecule has 0 fully saturated rings. The summed E-state index contributed by atoms with van der Waals surface area (Å²) in [5.74, 6) is 1.06. The molecule has 1 amide bonds. The van der Waals surface area contributed by atoms with Gasteiger partial charge in [0.05, 0.1) is 40.6 Å². The average Bonchev–Trinajstić information content (AvgIpc) is 3.31. The SMILES string of the molecule is COc1cc([N+](=O)[O-])ccc1NC(=O)c1cc(-c2ccc3c(c2)OCO3)nc2ccccc12. The number of fused-ring (bicyclic) bond motifs is 2. The first-order chi connectivity index (χ1) is 16.0. The Bertz CT molecular complexity index is 1420. The number of carbonyl (C=O) groups excluding carboxylic acids is 1. The van der Waals surface area contributed by atoms with E-state index in [2.05, 4.69) is 5.32 Å². The number of hydrogen-bond donors (Lipinski definition) is 1. The maximum Gasteiger partial charge on any atom is 0.273 e. The molecule has 1 aliphatic heterocycles. The number of ether oxygens (including phenoxy) is 3. The zero-order chi connectivity index (χ0) is 22.9. The summed E-state index contributed by atoms with van der Waals surface area (Å²) < 4.78 is 16.1. The van der Waals surface area contributed by atoms with Gasteiger partial charge in [-0.25, -0.2) is 4.98 Å². The van der Waals surface area contributed by atoms with Crippen molar-refractivity contribution in [1.29, 1.82) is 0 Å². The quantitative estimate of drug-likeness (QED) is 0.348. The van der Waals surface area contributed by atoms with Crippen LogP contribution in [0.3, 0.4) is 0 Å². The Morgan fingerprint density at radius 1 is 1.06 bits per heavy atom. The molecular weight excluding hydrogens is 426 g/mol. The van der Waals surface area contributed by atoms with E-state index in [-0.39, 0.29) is 18.2 Å². The van der Waals surface area contributed by atoms with Crippen LogP contribution in [0.15, 0.2) is 66.7 Å². The monoisotopic (exact) mass is 443 g/mol. The number of amides is 1. The minimum absolute atomic E-state index is 0.135. The number of hydrogen-bond acceptors (Lipinski definition) is 7. The van der Waals surface area contributed by atoms with Crippen LogP contribution in [-0.4, -0.2) is 29.7 Å². The Hall–Kier alpha value is -4.66.